The smallest absolute Gasteiger partial charge is 0.357 e. The van der Waals surface area contributed by atoms with E-state index in [0.717, 1.165) is 12.3 Å². The first-order chi connectivity index (χ1) is 10.8. The molecular weight excluding hydrogens is 370 g/mol. The summed E-state index contributed by atoms with van der Waals surface area (Å²) in [5.41, 5.74) is -0.0378. The third-order valence-corrected chi connectivity index (χ3v) is 3.69. The van der Waals surface area contributed by atoms with Gasteiger partial charge in [0, 0.05) is 6.20 Å². The normalized spacial score (nSPS) is 11.2. The van der Waals surface area contributed by atoms with Gasteiger partial charge in [-0.2, -0.15) is 13.2 Å². The summed E-state index contributed by atoms with van der Waals surface area (Å²) >= 11 is 16.9. The summed E-state index contributed by atoms with van der Waals surface area (Å²) in [5, 5.41) is 6.32. The molecule has 3 nitrogen and oxygen atoms in total. The molecule has 0 aliphatic heterocycles. The second-order valence-electron chi connectivity index (χ2n) is 4.44. The van der Waals surface area contributed by atoms with E-state index >= 15 is 0 Å². The first-order valence-corrected chi connectivity index (χ1v) is 7.45. The van der Waals surface area contributed by atoms with Crippen molar-refractivity contribution in [3.8, 4) is 0 Å². The van der Waals surface area contributed by atoms with E-state index in [4.69, 9.17) is 35.4 Å². The van der Waals surface area contributed by atoms with Crippen LogP contribution in [0.15, 0.2) is 36.5 Å². The van der Waals surface area contributed by atoms with E-state index in [2.05, 4.69) is 15.6 Å². The summed E-state index contributed by atoms with van der Waals surface area (Å²) in [6, 6.07) is 7.82. The molecule has 1 heterocycles. The topological polar surface area (TPSA) is 37.0 Å². The van der Waals surface area contributed by atoms with Crippen molar-refractivity contribution >= 4 is 46.2 Å². The van der Waals surface area contributed by atoms with Gasteiger partial charge in [-0.15, -0.1) is 0 Å². The minimum absolute atomic E-state index is 0.0766. The van der Waals surface area contributed by atoms with Crippen LogP contribution < -0.4 is 10.6 Å². The van der Waals surface area contributed by atoms with Crippen molar-refractivity contribution in [3.63, 3.8) is 0 Å². The first kappa shape index (κ1) is 17.8. The molecule has 0 saturated carbocycles. The van der Waals surface area contributed by atoms with E-state index in [9.17, 15) is 13.2 Å². The Hall–Kier alpha value is -1.57. The molecule has 0 spiro atoms. The third-order valence-electron chi connectivity index (χ3n) is 2.78. The molecule has 0 amide bonds. The highest BCUT2D eigenvalue weighted by Gasteiger charge is 2.31. The zero-order chi connectivity index (χ0) is 17.0. The third kappa shape index (κ3) is 4.95. The Labute approximate surface area is 145 Å². The van der Waals surface area contributed by atoms with Gasteiger partial charge in [-0.1, -0.05) is 35.3 Å². The molecule has 0 saturated heterocycles. The second-order valence-corrected chi connectivity index (χ2v) is 5.66. The predicted octanol–water partition coefficient (Wildman–Crippen LogP) is 4.89. The zero-order valence-electron chi connectivity index (χ0n) is 11.4. The van der Waals surface area contributed by atoms with Crippen LogP contribution in [0.4, 0.5) is 18.9 Å². The van der Waals surface area contributed by atoms with Crippen molar-refractivity contribution < 1.29 is 13.2 Å². The van der Waals surface area contributed by atoms with Crippen molar-refractivity contribution in [1.29, 1.82) is 0 Å². The average molecular weight is 380 g/mol. The minimum Gasteiger partial charge on any atom is -0.357 e. The van der Waals surface area contributed by atoms with Crippen LogP contribution in [0.3, 0.4) is 0 Å². The number of hydrogen-bond acceptors (Lipinski definition) is 2. The van der Waals surface area contributed by atoms with E-state index < -0.39 is 11.7 Å². The van der Waals surface area contributed by atoms with Crippen LogP contribution in [0.25, 0.3) is 0 Å². The number of hydrogen-bond donors (Lipinski definition) is 2. The maximum absolute atomic E-state index is 12.5. The largest absolute Gasteiger partial charge is 0.417 e. The number of nitrogens with zero attached hydrogens (tertiary/aromatic N) is 1. The molecule has 1 aromatic carbocycles. The number of aromatic nitrogens is 1. The highest BCUT2D eigenvalue weighted by Crippen LogP contribution is 2.31. The van der Waals surface area contributed by atoms with E-state index in [-0.39, 0.29) is 22.4 Å². The molecule has 9 heteroatoms. The van der Waals surface area contributed by atoms with E-state index in [1.165, 1.54) is 0 Å². The predicted molar refractivity (Wildman–Crippen MR) is 88.8 cm³/mol. The highest BCUT2D eigenvalue weighted by atomic mass is 35.5. The monoisotopic (exact) mass is 379 g/mol. The molecule has 122 valence electrons. The molecule has 0 radical (unpaired) electrons. The molecule has 0 atom stereocenters. The lowest BCUT2D eigenvalue weighted by atomic mass is 10.2. The molecule has 0 unspecified atom stereocenters. The molecule has 1 aromatic heterocycles. The number of benzene rings is 1. The van der Waals surface area contributed by atoms with Crippen LogP contribution in [-0.4, -0.2) is 10.1 Å². The Bertz CT molecular complexity index is 723. The highest BCUT2D eigenvalue weighted by molar-refractivity contribution is 7.80. The fourth-order valence-electron chi connectivity index (χ4n) is 1.64. The van der Waals surface area contributed by atoms with E-state index in [0.29, 0.717) is 10.7 Å². The number of para-hydroxylation sites is 1. The van der Waals surface area contributed by atoms with Gasteiger partial charge in [-0.3, -0.25) is 4.98 Å². The number of alkyl halides is 3. The maximum Gasteiger partial charge on any atom is 0.417 e. The Balaban J connectivity index is 1.98. The number of pyridine rings is 1. The molecule has 23 heavy (non-hydrogen) atoms. The van der Waals surface area contributed by atoms with Gasteiger partial charge >= 0.3 is 6.18 Å². The average Bonchev–Trinajstić information content (AvgIpc) is 2.47. The van der Waals surface area contributed by atoms with Gasteiger partial charge in [0.2, 0.25) is 0 Å². The van der Waals surface area contributed by atoms with Crippen LogP contribution in [-0.2, 0) is 12.7 Å². The lowest BCUT2D eigenvalue weighted by Crippen LogP contribution is -2.28. The van der Waals surface area contributed by atoms with Crippen LogP contribution in [0.1, 0.15) is 11.3 Å². The molecule has 2 N–H and O–H groups in total. The molecule has 2 rings (SSSR count). The van der Waals surface area contributed by atoms with Crippen LogP contribution in [0.5, 0.6) is 0 Å². The number of halogens is 5. The van der Waals surface area contributed by atoms with Gasteiger partial charge in [0.15, 0.2) is 5.11 Å². The summed E-state index contributed by atoms with van der Waals surface area (Å²) in [6.07, 6.45) is -3.75. The van der Waals surface area contributed by atoms with Crippen molar-refractivity contribution in [1.82, 2.24) is 10.3 Å². The van der Waals surface area contributed by atoms with E-state index in [1.807, 2.05) is 0 Å². The quantitative estimate of drug-likeness (QED) is 0.744. The number of rotatable bonds is 3. The lowest BCUT2D eigenvalue weighted by molar-refractivity contribution is -0.137. The van der Waals surface area contributed by atoms with Gasteiger partial charge in [0.1, 0.15) is 0 Å². The molecule has 0 fully saturated rings. The Morgan fingerprint density at radius 1 is 1.17 bits per heavy atom. The minimum atomic E-state index is -4.48. The number of anilines is 1. The Morgan fingerprint density at radius 2 is 1.87 bits per heavy atom. The zero-order valence-corrected chi connectivity index (χ0v) is 13.7. The Kier molecular flexibility index (Phi) is 5.67. The lowest BCUT2D eigenvalue weighted by Gasteiger charge is -2.13. The van der Waals surface area contributed by atoms with Crippen molar-refractivity contribution in [2.75, 3.05) is 5.32 Å². The van der Waals surface area contributed by atoms with Crippen LogP contribution in [0.2, 0.25) is 10.0 Å². The summed E-state index contributed by atoms with van der Waals surface area (Å²) in [7, 11) is 0. The Morgan fingerprint density at radius 3 is 2.48 bits per heavy atom. The summed E-state index contributed by atoms with van der Waals surface area (Å²) in [4.78, 5) is 3.71. The van der Waals surface area contributed by atoms with Gasteiger partial charge in [-0.25, -0.2) is 0 Å². The summed E-state index contributed by atoms with van der Waals surface area (Å²) in [5.74, 6) is 0. The van der Waals surface area contributed by atoms with Gasteiger partial charge in [0.25, 0.3) is 0 Å². The van der Waals surface area contributed by atoms with Crippen molar-refractivity contribution in [3.05, 3.63) is 57.8 Å². The summed E-state index contributed by atoms with van der Waals surface area (Å²) in [6.45, 7) is 0.0766. The maximum atomic E-state index is 12.5. The summed E-state index contributed by atoms with van der Waals surface area (Å²) < 4.78 is 37.6. The molecule has 0 aliphatic carbocycles. The van der Waals surface area contributed by atoms with E-state index in [1.54, 1.807) is 24.3 Å². The fourth-order valence-corrected chi connectivity index (χ4v) is 2.24. The van der Waals surface area contributed by atoms with Crippen LogP contribution >= 0.6 is 35.4 Å². The standard InChI is InChI=1S/C14H10Cl2F3N3S/c15-9-3-1-2-4-11(9)22-13(23)21-7-12-10(16)5-8(6-20-12)14(17,18)19/h1-6H,7H2,(H2,21,22,23). The number of thiocarbonyl (C=S) groups is 1. The SMILES string of the molecule is FC(F)(F)c1cnc(CNC(=S)Nc2ccccc2Cl)c(Cl)c1. The van der Waals surface area contributed by atoms with Crippen molar-refractivity contribution in [2.24, 2.45) is 0 Å². The van der Waals surface area contributed by atoms with Crippen molar-refractivity contribution in [2.45, 2.75) is 12.7 Å². The van der Waals surface area contributed by atoms with Crippen LogP contribution in [0, 0.1) is 0 Å². The van der Waals surface area contributed by atoms with Gasteiger partial charge in [0.05, 0.1) is 33.5 Å². The molecular formula is C14H10Cl2F3N3S. The molecule has 0 aliphatic rings. The fraction of sp³-hybridized carbons (Fsp3) is 0.143. The van der Waals surface area contributed by atoms with Gasteiger partial charge in [-0.05, 0) is 30.4 Å². The number of nitrogens with one attached hydrogen (secondary N) is 2. The second kappa shape index (κ2) is 7.33. The molecule has 0 bridgehead atoms. The first-order valence-electron chi connectivity index (χ1n) is 6.28. The van der Waals surface area contributed by atoms with Gasteiger partial charge < -0.3 is 10.6 Å². The molecule has 2 aromatic rings.